The number of hydrogen-bond donors (Lipinski definition) is 1. The predicted molar refractivity (Wildman–Crippen MR) is 55.2 cm³/mol. The zero-order valence-electron chi connectivity index (χ0n) is 8.40. The molecule has 76 valence electrons. The Morgan fingerprint density at radius 2 is 2.14 bits per heavy atom. The molecule has 0 aliphatic rings. The van der Waals surface area contributed by atoms with Gasteiger partial charge in [0.05, 0.1) is 0 Å². The molecule has 0 atom stereocenters. The number of nitrogens with zero attached hydrogens (tertiary/aromatic N) is 2. The minimum absolute atomic E-state index is 0.0310. The maximum atomic E-state index is 9.20. The molecule has 2 rings (SSSR count). The molecular weight excluding hydrogens is 180 g/mol. The number of fused-ring (bicyclic) bond motifs is 1. The topological polar surface area (TPSA) is 41.5 Å². The molecule has 0 saturated carbocycles. The van der Waals surface area contributed by atoms with Gasteiger partial charge in [-0.2, -0.15) is 0 Å². The Kier molecular flexibility index (Phi) is 2.11. The zero-order chi connectivity index (χ0) is 10.1. The largest absolute Gasteiger partial charge is 0.481 e. The number of furan rings is 1. The third kappa shape index (κ3) is 1.23. The van der Waals surface area contributed by atoms with Gasteiger partial charge in [0.2, 0.25) is 0 Å². The molecule has 0 spiro atoms. The van der Waals surface area contributed by atoms with Crippen molar-refractivity contribution in [3.8, 4) is 5.95 Å². The number of hydrogen-bond acceptors (Lipinski definition) is 3. The predicted octanol–water partition coefficient (Wildman–Crippen LogP) is 1.92. The molecule has 0 unspecified atom stereocenters. The van der Waals surface area contributed by atoms with Crippen molar-refractivity contribution in [3.05, 3.63) is 18.3 Å². The summed E-state index contributed by atoms with van der Waals surface area (Å²) in [6, 6.07) is 3.49. The maximum Gasteiger partial charge on any atom is 0.284 e. The summed E-state index contributed by atoms with van der Waals surface area (Å²) in [6.45, 7) is 6.03. The van der Waals surface area contributed by atoms with Crippen molar-refractivity contribution >= 4 is 11.1 Å². The lowest BCUT2D eigenvalue weighted by molar-refractivity contribution is 0.346. The first kappa shape index (κ1) is 8.99. The summed E-state index contributed by atoms with van der Waals surface area (Å²) in [5, 5.41) is 11.3. The Hall–Kier alpha value is -1.58. The monoisotopic (exact) mass is 194 g/mol. The molecule has 0 fully saturated rings. The quantitative estimate of drug-likeness (QED) is 0.811. The minimum atomic E-state index is -0.0310. The molecule has 14 heavy (non-hydrogen) atoms. The van der Waals surface area contributed by atoms with Gasteiger partial charge in [0.1, 0.15) is 5.52 Å². The van der Waals surface area contributed by atoms with E-state index in [1.807, 2.05) is 16.9 Å². The van der Waals surface area contributed by atoms with Crippen molar-refractivity contribution < 1.29 is 9.52 Å². The first-order valence-electron chi connectivity index (χ1n) is 4.81. The lowest BCUT2D eigenvalue weighted by Crippen LogP contribution is -2.33. The Labute approximate surface area is 82.3 Å². The normalized spacial score (nSPS) is 11.0. The van der Waals surface area contributed by atoms with Crippen LogP contribution < -0.4 is 5.01 Å². The SMILES string of the molecule is CCN(CC)n1ccc2oc(O)cc21. The summed E-state index contributed by atoms with van der Waals surface area (Å²) in [7, 11) is 0. The third-order valence-electron chi connectivity index (χ3n) is 2.38. The molecule has 0 bridgehead atoms. The van der Waals surface area contributed by atoms with Crippen molar-refractivity contribution in [1.29, 1.82) is 0 Å². The summed E-state index contributed by atoms with van der Waals surface area (Å²) >= 11 is 0. The van der Waals surface area contributed by atoms with E-state index in [2.05, 4.69) is 18.9 Å². The molecule has 4 heteroatoms. The van der Waals surface area contributed by atoms with Crippen LogP contribution >= 0.6 is 0 Å². The first-order valence-corrected chi connectivity index (χ1v) is 4.81. The van der Waals surface area contributed by atoms with Gasteiger partial charge in [0, 0.05) is 31.4 Å². The van der Waals surface area contributed by atoms with Crippen LogP contribution in [0.4, 0.5) is 0 Å². The van der Waals surface area contributed by atoms with E-state index in [9.17, 15) is 5.11 Å². The summed E-state index contributed by atoms with van der Waals surface area (Å²) in [6.07, 6.45) is 1.95. The van der Waals surface area contributed by atoms with Gasteiger partial charge < -0.3 is 14.5 Å². The van der Waals surface area contributed by atoms with Crippen LogP contribution in [0.25, 0.3) is 11.1 Å². The summed E-state index contributed by atoms with van der Waals surface area (Å²) in [5.74, 6) is -0.0310. The molecule has 0 saturated heterocycles. The van der Waals surface area contributed by atoms with Crippen molar-refractivity contribution in [3.63, 3.8) is 0 Å². The van der Waals surface area contributed by atoms with Crippen LogP contribution in [-0.4, -0.2) is 22.9 Å². The second-order valence-corrected chi connectivity index (χ2v) is 3.13. The van der Waals surface area contributed by atoms with Crippen LogP contribution in [0, 0.1) is 0 Å². The van der Waals surface area contributed by atoms with Gasteiger partial charge in [-0.15, -0.1) is 0 Å². The van der Waals surface area contributed by atoms with Gasteiger partial charge in [0.25, 0.3) is 5.95 Å². The van der Waals surface area contributed by atoms with Crippen LogP contribution in [0.2, 0.25) is 0 Å². The zero-order valence-corrected chi connectivity index (χ0v) is 8.40. The smallest absolute Gasteiger partial charge is 0.284 e. The van der Waals surface area contributed by atoms with Gasteiger partial charge in [-0.3, -0.25) is 4.68 Å². The highest BCUT2D eigenvalue weighted by Crippen LogP contribution is 2.24. The summed E-state index contributed by atoms with van der Waals surface area (Å²) < 4.78 is 7.09. The van der Waals surface area contributed by atoms with E-state index in [0.29, 0.717) is 0 Å². The summed E-state index contributed by atoms with van der Waals surface area (Å²) in [4.78, 5) is 0. The Bertz CT molecular complexity index is 426. The van der Waals surface area contributed by atoms with Crippen molar-refractivity contribution in [2.45, 2.75) is 13.8 Å². The summed E-state index contributed by atoms with van der Waals surface area (Å²) in [5.41, 5.74) is 1.63. The molecular formula is C10H14N2O2. The Morgan fingerprint density at radius 3 is 2.79 bits per heavy atom. The van der Waals surface area contributed by atoms with Gasteiger partial charge in [-0.1, -0.05) is 0 Å². The fraction of sp³-hybridized carbons (Fsp3) is 0.400. The average Bonchev–Trinajstić information content (AvgIpc) is 2.68. The van der Waals surface area contributed by atoms with Gasteiger partial charge in [-0.25, -0.2) is 0 Å². The molecule has 1 N–H and O–H groups in total. The van der Waals surface area contributed by atoms with E-state index in [0.717, 1.165) is 24.2 Å². The van der Waals surface area contributed by atoms with E-state index in [1.165, 1.54) is 0 Å². The fourth-order valence-corrected chi connectivity index (χ4v) is 1.67. The molecule has 2 heterocycles. The molecule has 0 radical (unpaired) electrons. The number of rotatable bonds is 3. The minimum Gasteiger partial charge on any atom is -0.481 e. The van der Waals surface area contributed by atoms with E-state index in [1.54, 1.807) is 6.07 Å². The Balaban J connectivity index is 2.50. The van der Waals surface area contributed by atoms with Gasteiger partial charge in [-0.05, 0) is 13.8 Å². The van der Waals surface area contributed by atoms with E-state index >= 15 is 0 Å². The van der Waals surface area contributed by atoms with Crippen molar-refractivity contribution in [1.82, 2.24) is 4.68 Å². The van der Waals surface area contributed by atoms with Crippen LogP contribution in [0.5, 0.6) is 5.95 Å². The van der Waals surface area contributed by atoms with Crippen molar-refractivity contribution in [2.75, 3.05) is 18.1 Å². The second-order valence-electron chi connectivity index (χ2n) is 3.13. The third-order valence-corrected chi connectivity index (χ3v) is 2.38. The lowest BCUT2D eigenvalue weighted by Gasteiger charge is -2.22. The van der Waals surface area contributed by atoms with Crippen molar-refractivity contribution in [2.24, 2.45) is 0 Å². The highest BCUT2D eigenvalue weighted by Gasteiger charge is 2.10. The molecule has 0 amide bonds. The first-order chi connectivity index (χ1) is 6.76. The molecule has 2 aromatic heterocycles. The van der Waals surface area contributed by atoms with Crippen LogP contribution in [0.15, 0.2) is 22.7 Å². The molecule has 0 aliphatic carbocycles. The molecule has 2 aromatic rings. The molecule has 0 aromatic carbocycles. The highest BCUT2D eigenvalue weighted by atomic mass is 16.5. The van der Waals surface area contributed by atoms with Gasteiger partial charge in [0.15, 0.2) is 5.58 Å². The van der Waals surface area contributed by atoms with E-state index < -0.39 is 0 Å². The standard InChI is InChI=1S/C10H14N2O2/c1-3-11(4-2)12-6-5-9-8(12)7-10(13)14-9/h5-7,13H,3-4H2,1-2H3. The lowest BCUT2D eigenvalue weighted by atomic mass is 10.5. The van der Waals surface area contributed by atoms with Gasteiger partial charge >= 0.3 is 0 Å². The highest BCUT2D eigenvalue weighted by molar-refractivity contribution is 5.76. The molecule has 4 nitrogen and oxygen atoms in total. The number of aromatic hydroxyl groups is 1. The number of aromatic nitrogens is 1. The van der Waals surface area contributed by atoms with Crippen LogP contribution in [0.1, 0.15) is 13.8 Å². The second kappa shape index (κ2) is 3.29. The van der Waals surface area contributed by atoms with E-state index in [-0.39, 0.29) is 5.95 Å². The van der Waals surface area contributed by atoms with Crippen LogP contribution in [-0.2, 0) is 0 Å². The average molecular weight is 194 g/mol. The van der Waals surface area contributed by atoms with Crippen LogP contribution in [0.3, 0.4) is 0 Å². The maximum absolute atomic E-state index is 9.20. The fourth-order valence-electron chi connectivity index (χ4n) is 1.67. The Morgan fingerprint density at radius 1 is 1.43 bits per heavy atom. The van der Waals surface area contributed by atoms with E-state index in [4.69, 9.17) is 4.42 Å². The molecule has 0 aliphatic heterocycles.